The van der Waals surface area contributed by atoms with Gasteiger partial charge in [-0.2, -0.15) is 0 Å². The Kier molecular flexibility index (Phi) is 5.38. The minimum Gasteiger partial charge on any atom is -0.354 e. The Morgan fingerprint density at radius 3 is 2.89 bits per heavy atom. The molecule has 1 atom stereocenters. The van der Waals surface area contributed by atoms with Gasteiger partial charge in [0.1, 0.15) is 0 Å². The molecule has 0 aliphatic carbocycles. The SMILES string of the molecule is CC1CCCCN1CCCNc1ncc(Br)cn1. The van der Waals surface area contributed by atoms with Gasteiger partial charge in [-0.1, -0.05) is 6.42 Å². The van der Waals surface area contributed by atoms with Crippen molar-refractivity contribution in [3.05, 3.63) is 16.9 Å². The topological polar surface area (TPSA) is 41.0 Å². The number of hydrogen-bond donors (Lipinski definition) is 1. The molecule has 100 valence electrons. The second-order valence-corrected chi connectivity index (χ2v) is 5.80. The number of nitrogens with zero attached hydrogens (tertiary/aromatic N) is 3. The summed E-state index contributed by atoms with van der Waals surface area (Å²) in [5.74, 6) is 0.713. The fraction of sp³-hybridized carbons (Fsp3) is 0.692. The Labute approximate surface area is 117 Å². The van der Waals surface area contributed by atoms with Gasteiger partial charge in [0.25, 0.3) is 0 Å². The molecule has 0 amide bonds. The van der Waals surface area contributed by atoms with Gasteiger partial charge < -0.3 is 10.2 Å². The van der Waals surface area contributed by atoms with Gasteiger partial charge in [0.15, 0.2) is 0 Å². The molecule has 1 N–H and O–H groups in total. The number of halogens is 1. The average Bonchev–Trinajstić information content (AvgIpc) is 2.39. The summed E-state index contributed by atoms with van der Waals surface area (Å²) in [6.07, 6.45) is 8.77. The maximum atomic E-state index is 4.19. The predicted molar refractivity (Wildman–Crippen MR) is 77.7 cm³/mol. The van der Waals surface area contributed by atoms with Gasteiger partial charge >= 0.3 is 0 Å². The number of hydrogen-bond acceptors (Lipinski definition) is 4. The van der Waals surface area contributed by atoms with E-state index in [1.54, 1.807) is 12.4 Å². The molecule has 0 bridgehead atoms. The zero-order valence-electron chi connectivity index (χ0n) is 10.9. The van der Waals surface area contributed by atoms with Crippen molar-refractivity contribution in [3.63, 3.8) is 0 Å². The first kappa shape index (κ1) is 13.7. The van der Waals surface area contributed by atoms with Crippen molar-refractivity contribution in [3.8, 4) is 0 Å². The molecule has 0 saturated carbocycles. The summed E-state index contributed by atoms with van der Waals surface area (Å²) in [7, 11) is 0. The second kappa shape index (κ2) is 7.04. The van der Waals surface area contributed by atoms with Gasteiger partial charge in [0.05, 0.1) is 4.47 Å². The third kappa shape index (κ3) is 4.21. The van der Waals surface area contributed by atoms with E-state index >= 15 is 0 Å². The molecule has 1 aromatic rings. The van der Waals surface area contributed by atoms with Crippen molar-refractivity contribution in [2.75, 3.05) is 25.0 Å². The summed E-state index contributed by atoms with van der Waals surface area (Å²) in [5, 5.41) is 3.26. The summed E-state index contributed by atoms with van der Waals surface area (Å²) in [5.41, 5.74) is 0. The number of likely N-dealkylation sites (tertiary alicyclic amines) is 1. The second-order valence-electron chi connectivity index (χ2n) is 4.89. The highest BCUT2D eigenvalue weighted by Gasteiger charge is 2.16. The highest BCUT2D eigenvalue weighted by molar-refractivity contribution is 9.10. The van der Waals surface area contributed by atoms with Crippen LogP contribution in [0.25, 0.3) is 0 Å². The van der Waals surface area contributed by atoms with Crippen LogP contribution in [0.15, 0.2) is 16.9 Å². The van der Waals surface area contributed by atoms with E-state index in [1.807, 2.05) is 0 Å². The summed E-state index contributed by atoms with van der Waals surface area (Å²) < 4.78 is 0.912. The van der Waals surface area contributed by atoms with Crippen molar-refractivity contribution in [2.45, 2.75) is 38.6 Å². The molecule has 1 unspecified atom stereocenters. The van der Waals surface area contributed by atoms with Crippen molar-refractivity contribution in [1.82, 2.24) is 14.9 Å². The quantitative estimate of drug-likeness (QED) is 0.849. The van der Waals surface area contributed by atoms with Crippen molar-refractivity contribution >= 4 is 21.9 Å². The van der Waals surface area contributed by atoms with Crippen LogP contribution in [0.2, 0.25) is 0 Å². The smallest absolute Gasteiger partial charge is 0.222 e. The Morgan fingerprint density at radius 2 is 2.17 bits per heavy atom. The van der Waals surface area contributed by atoms with Crippen LogP contribution in [0, 0.1) is 0 Å². The van der Waals surface area contributed by atoms with Crippen LogP contribution >= 0.6 is 15.9 Å². The van der Waals surface area contributed by atoms with Gasteiger partial charge in [0, 0.05) is 31.5 Å². The molecule has 1 saturated heterocycles. The fourth-order valence-corrected chi connectivity index (χ4v) is 2.58. The van der Waals surface area contributed by atoms with E-state index in [-0.39, 0.29) is 0 Å². The first-order chi connectivity index (χ1) is 8.75. The molecular formula is C13H21BrN4. The van der Waals surface area contributed by atoms with E-state index in [0.29, 0.717) is 5.95 Å². The van der Waals surface area contributed by atoms with Crippen LogP contribution in [0.3, 0.4) is 0 Å². The number of anilines is 1. The van der Waals surface area contributed by atoms with Crippen LogP contribution in [0.4, 0.5) is 5.95 Å². The van der Waals surface area contributed by atoms with Crippen molar-refractivity contribution < 1.29 is 0 Å². The molecule has 0 radical (unpaired) electrons. The number of piperidine rings is 1. The average molecular weight is 313 g/mol. The fourth-order valence-electron chi connectivity index (χ4n) is 2.38. The Balaban J connectivity index is 1.65. The van der Waals surface area contributed by atoms with Crippen LogP contribution in [0.5, 0.6) is 0 Å². The molecule has 2 heterocycles. The highest BCUT2D eigenvalue weighted by atomic mass is 79.9. The Bertz CT molecular complexity index is 355. The summed E-state index contributed by atoms with van der Waals surface area (Å²) in [6, 6.07) is 0.752. The standard InChI is InChI=1S/C13H21BrN4/c1-11-5-2-3-7-18(11)8-4-6-15-13-16-9-12(14)10-17-13/h9-11H,2-8H2,1H3,(H,15,16,17). The number of rotatable bonds is 5. The third-order valence-electron chi connectivity index (χ3n) is 3.47. The van der Waals surface area contributed by atoms with Crippen molar-refractivity contribution in [2.24, 2.45) is 0 Å². The molecule has 2 rings (SSSR count). The van der Waals surface area contributed by atoms with E-state index in [0.717, 1.165) is 23.5 Å². The molecule has 1 fully saturated rings. The monoisotopic (exact) mass is 312 g/mol. The number of nitrogens with one attached hydrogen (secondary N) is 1. The van der Waals surface area contributed by atoms with Gasteiger partial charge in [-0.15, -0.1) is 0 Å². The zero-order valence-corrected chi connectivity index (χ0v) is 12.5. The van der Waals surface area contributed by atoms with Crippen LogP contribution in [-0.2, 0) is 0 Å². The van der Waals surface area contributed by atoms with E-state index in [1.165, 1.54) is 32.4 Å². The largest absolute Gasteiger partial charge is 0.354 e. The lowest BCUT2D eigenvalue weighted by molar-refractivity contribution is 0.160. The predicted octanol–water partition coefficient (Wildman–Crippen LogP) is 2.92. The normalized spacial score (nSPS) is 20.9. The molecule has 0 aromatic carbocycles. The summed E-state index contributed by atoms with van der Waals surface area (Å²) in [4.78, 5) is 11.0. The molecule has 1 aliphatic rings. The van der Waals surface area contributed by atoms with Crippen LogP contribution in [0.1, 0.15) is 32.6 Å². The first-order valence-electron chi connectivity index (χ1n) is 6.71. The van der Waals surface area contributed by atoms with Crippen LogP contribution in [-0.4, -0.2) is 40.5 Å². The summed E-state index contributed by atoms with van der Waals surface area (Å²) in [6.45, 7) is 5.70. The zero-order chi connectivity index (χ0) is 12.8. The summed E-state index contributed by atoms with van der Waals surface area (Å²) >= 11 is 3.33. The van der Waals surface area contributed by atoms with Crippen molar-refractivity contribution in [1.29, 1.82) is 0 Å². The van der Waals surface area contributed by atoms with Gasteiger partial charge in [-0.3, -0.25) is 0 Å². The van der Waals surface area contributed by atoms with Crippen LogP contribution < -0.4 is 5.32 Å². The van der Waals surface area contributed by atoms with E-state index < -0.39 is 0 Å². The first-order valence-corrected chi connectivity index (χ1v) is 7.50. The maximum Gasteiger partial charge on any atom is 0.222 e. The molecule has 1 aromatic heterocycles. The minimum absolute atomic E-state index is 0.713. The molecule has 4 nitrogen and oxygen atoms in total. The third-order valence-corrected chi connectivity index (χ3v) is 3.88. The maximum absolute atomic E-state index is 4.19. The van der Waals surface area contributed by atoms with Gasteiger partial charge in [-0.25, -0.2) is 9.97 Å². The van der Waals surface area contributed by atoms with E-state index in [9.17, 15) is 0 Å². The van der Waals surface area contributed by atoms with Gasteiger partial charge in [-0.05, 0) is 48.7 Å². The van der Waals surface area contributed by atoms with Gasteiger partial charge in [0.2, 0.25) is 5.95 Å². The Morgan fingerprint density at radius 1 is 1.39 bits per heavy atom. The number of aromatic nitrogens is 2. The van der Waals surface area contributed by atoms with E-state index in [2.05, 4.69) is 43.0 Å². The molecular weight excluding hydrogens is 292 g/mol. The van der Waals surface area contributed by atoms with E-state index in [4.69, 9.17) is 0 Å². The lowest BCUT2D eigenvalue weighted by atomic mass is 10.0. The molecule has 0 spiro atoms. The molecule has 5 heteroatoms. The minimum atomic E-state index is 0.713. The Hall–Kier alpha value is -0.680. The molecule has 18 heavy (non-hydrogen) atoms. The lowest BCUT2D eigenvalue weighted by Gasteiger charge is -2.33. The molecule has 1 aliphatic heterocycles. The highest BCUT2D eigenvalue weighted by Crippen LogP contribution is 2.16. The lowest BCUT2D eigenvalue weighted by Crippen LogP contribution is -2.38.